The second-order valence-electron chi connectivity index (χ2n) is 5.72. The van der Waals surface area contributed by atoms with Gasteiger partial charge < -0.3 is 15.8 Å². The third-order valence-corrected chi connectivity index (χ3v) is 4.40. The van der Waals surface area contributed by atoms with Gasteiger partial charge in [-0.2, -0.15) is 0 Å². The summed E-state index contributed by atoms with van der Waals surface area (Å²) >= 11 is 0. The second kappa shape index (κ2) is 8.46. The summed E-state index contributed by atoms with van der Waals surface area (Å²) in [5, 5.41) is 2.97. The second-order valence-corrected chi connectivity index (χ2v) is 5.72. The number of hydrogen-bond donors (Lipinski definition) is 2. The predicted molar refractivity (Wildman–Crippen MR) is 86.7 cm³/mol. The molecule has 0 aromatic heterocycles. The Hall–Kier alpha value is -1.17. The maximum absolute atomic E-state index is 13.0. The van der Waals surface area contributed by atoms with Gasteiger partial charge in [0.25, 0.3) is 0 Å². The minimum absolute atomic E-state index is 0. The number of nitrogens with two attached hydrogens (primary N) is 1. The molecule has 1 saturated carbocycles. The van der Waals surface area contributed by atoms with Gasteiger partial charge in [0.05, 0.1) is 12.5 Å². The third kappa shape index (κ3) is 4.41. The molecule has 1 aromatic rings. The lowest BCUT2D eigenvalue weighted by atomic mass is 9.64. The van der Waals surface area contributed by atoms with E-state index < -0.39 is 0 Å². The molecule has 0 aliphatic heterocycles. The Kier molecular flexibility index (Phi) is 7.26. The van der Waals surface area contributed by atoms with Gasteiger partial charge in [-0.25, -0.2) is 4.39 Å². The molecule has 22 heavy (non-hydrogen) atoms. The van der Waals surface area contributed by atoms with Crippen LogP contribution in [0.1, 0.15) is 31.2 Å². The Bertz CT molecular complexity index is 474. The largest absolute Gasteiger partial charge is 0.380 e. The number of carbonyl (C=O) groups excluding carboxylic acids is 1. The molecule has 1 aliphatic carbocycles. The summed E-state index contributed by atoms with van der Waals surface area (Å²) in [6.07, 6.45) is 3.20. The molecule has 6 heteroatoms. The van der Waals surface area contributed by atoms with Crippen molar-refractivity contribution in [1.82, 2.24) is 5.32 Å². The smallest absolute Gasteiger partial charge is 0.222 e. The summed E-state index contributed by atoms with van der Waals surface area (Å²) < 4.78 is 18.1. The van der Waals surface area contributed by atoms with E-state index in [1.165, 1.54) is 12.1 Å². The zero-order valence-electron chi connectivity index (χ0n) is 12.8. The first-order chi connectivity index (χ1) is 10.1. The SMILES string of the molecule is COC(CN)CC(=O)NCC1(c2ccc(F)cc2)CCC1.Cl. The fraction of sp³-hybridized carbons (Fsp3) is 0.562. The van der Waals surface area contributed by atoms with Crippen LogP contribution in [-0.2, 0) is 14.9 Å². The normalized spacial score (nSPS) is 17.0. The van der Waals surface area contributed by atoms with Gasteiger partial charge in [0.2, 0.25) is 5.91 Å². The van der Waals surface area contributed by atoms with E-state index in [1.807, 2.05) is 12.1 Å². The topological polar surface area (TPSA) is 64.3 Å². The lowest BCUT2D eigenvalue weighted by molar-refractivity contribution is -0.123. The van der Waals surface area contributed by atoms with E-state index in [-0.39, 0.29) is 42.1 Å². The van der Waals surface area contributed by atoms with Crippen LogP contribution in [0, 0.1) is 5.82 Å². The van der Waals surface area contributed by atoms with Gasteiger partial charge in [0.15, 0.2) is 0 Å². The van der Waals surface area contributed by atoms with Crippen LogP contribution in [0.3, 0.4) is 0 Å². The van der Waals surface area contributed by atoms with E-state index in [1.54, 1.807) is 7.11 Å². The van der Waals surface area contributed by atoms with E-state index in [0.717, 1.165) is 24.8 Å². The summed E-state index contributed by atoms with van der Waals surface area (Å²) in [6.45, 7) is 0.908. The molecule has 0 saturated heterocycles. The van der Waals surface area contributed by atoms with Crippen LogP contribution in [0.2, 0.25) is 0 Å². The Morgan fingerprint density at radius 1 is 1.41 bits per heavy atom. The molecule has 1 atom stereocenters. The van der Waals surface area contributed by atoms with E-state index >= 15 is 0 Å². The molecule has 3 N–H and O–H groups in total. The van der Waals surface area contributed by atoms with Gasteiger partial charge in [-0.1, -0.05) is 18.6 Å². The summed E-state index contributed by atoms with van der Waals surface area (Å²) in [4.78, 5) is 11.9. The predicted octanol–water partition coefficient (Wildman–Crippen LogP) is 2.15. The van der Waals surface area contributed by atoms with Crippen molar-refractivity contribution in [2.75, 3.05) is 20.2 Å². The molecule has 2 rings (SSSR count). The fourth-order valence-corrected chi connectivity index (χ4v) is 2.78. The van der Waals surface area contributed by atoms with Gasteiger partial charge in [-0.05, 0) is 30.5 Å². The lowest BCUT2D eigenvalue weighted by Crippen LogP contribution is -2.46. The fourth-order valence-electron chi connectivity index (χ4n) is 2.78. The quantitative estimate of drug-likeness (QED) is 0.805. The maximum atomic E-state index is 13.0. The van der Waals surface area contributed by atoms with Gasteiger partial charge in [-0.15, -0.1) is 12.4 Å². The molecular formula is C16H24ClFN2O2. The molecule has 0 bridgehead atoms. The molecule has 0 spiro atoms. The van der Waals surface area contributed by atoms with Crippen molar-refractivity contribution in [1.29, 1.82) is 0 Å². The van der Waals surface area contributed by atoms with Crippen LogP contribution in [0.15, 0.2) is 24.3 Å². The number of ether oxygens (including phenoxy) is 1. The Morgan fingerprint density at radius 2 is 2.05 bits per heavy atom. The summed E-state index contributed by atoms with van der Waals surface area (Å²) in [6, 6.07) is 6.59. The number of hydrogen-bond acceptors (Lipinski definition) is 3. The molecule has 1 unspecified atom stereocenters. The van der Waals surface area contributed by atoms with Crippen LogP contribution in [0.4, 0.5) is 4.39 Å². The highest BCUT2D eigenvalue weighted by atomic mass is 35.5. The van der Waals surface area contributed by atoms with Crippen molar-refractivity contribution in [2.45, 2.75) is 37.2 Å². The minimum Gasteiger partial charge on any atom is -0.380 e. The average molecular weight is 331 g/mol. The molecule has 124 valence electrons. The van der Waals surface area contributed by atoms with E-state index in [2.05, 4.69) is 5.32 Å². The lowest BCUT2D eigenvalue weighted by Gasteiger charge is -2.42. The van der Waals surface area contributed by atoms with Crippen LogP contribution in [-0.4, -0.2) is 32.2 Å². The molecule has 0 radical (unpaired) electrons. The zero-order chi connectivity index (χ0) is 15.3. The van der Waals surface area contributed by atoms with Crippen LogP contribution in [0.5, 0.6) is 0 Å². The monoisotopic (exact) mass is 330 g/mol. The molecule has 0 heterocycles. The molecule has 1 fully saturated rings. The van der Waals surface area contributed by atoms with E-state index in [4.69, 9.17) is 10.5 Å². The number of rotatable bonds is 7. The standard InChI is InChI=1S/C16H23FN2O2.ClH/c1-21-14(10-18)9-15(20)19-11-16(7-2-8-16)12-3-5-13(17)6-4-12;/h3-6,14H,2,7-11,18H2,1H3,(H,19,20);1H. The first-order valence-electron chi connectivity index (χ1n) is 7.35. The Balaban J connectivity index is 0.00000242. The van der Waals surface area contributed by atoms with Gasteiger partial charge in [0, 0.05) is 25.6 Å². The van der Waals surface area contributed by atoms with Crippen molar-refractivity contribution in [3.8, 4) is 0 Å². The van der Waals surface area contributed by atoms with Crippen molar-refractivity contribution in [3.05, 3.63) is 35.6 Å². The van der Waals surface area contributed by atoms with Crippen LogP contribution < -0.4 is 11.1 Å². The zero-order valence-corrected chi connectivity index (χ0v) is 13.6. The molecular weight excluding hydrogens is 307 g/mol. The van der Waals surface area contributed by atoms with Crippen LogP contribution in [0.25, 0.3) is 0 Å². The third-order valence-electron chi connectivity index (χ3n) is 4.40. The molecule has 1 amide bonds. The number of benzene rings is 1. The van der Waals surface area contributed by atoms with E-state index in [9.17, 15) is 9.18 Å². The van der Waals surface area contributed by atoms with Gasteiger partial charge in [-0.3, -0.25) is 4.79 Å². The number of amides is 1. The average Bonchev–Trinajstić information content (AvgIpc) is 2.45. The number of carbonyl (C=O) groups is 1. The van der Waals surface area contributed by atoms with Crippen LogP contribution >= 0.6 is 12.4 Å². The number of nitrogens with one attached hydrogen (secondary N) is 1. The first kappa shape index (κ1) is 18.9. The Labute approximate surface area is 137 Å². The summed E-state index contributed by atoms with van der Waals surface area (Å²) in [7, 11) is 1.55. The van der Waals surface area contributed by atoms with Crippen molar-refractivity contribution < 1.29 is 13.9 Å². The highest BCUT2D eigenvalue weighted by Crippen LogP contribution is 2.43. The minimum atomic E-state index is -0.242. The molecule has 4 nitrogen and oxygen atoms in total. The van der Waals surface area contributed by atoms with Crippen molar-refractivity contribution in [2.24, 2.45) is 5.73 Å². The van der Waals surface area contributed by atoms with Crippen molar-refractivity contribution in [3.63, 3.8) is 0 Å². The highest BCUT2D eigenvalue weighted by Gasteiger charge is 2.38. The van der Waals surface area contributed by atoms with E-state index in [0.29, 0.717) is 13.1 Å². The van der Waals surface area contributed by atoms with Gasteiger partial charge >= 0.3 is 0 Å². The first-order valence-corrected chi connectivity index (χ1v) is 7.35. The molecule has 1 aliphatic rings. The molecule has 1 aromatic carbocycles. The summed E-state index contributed by atoms with van der Waals surface area (Å²) in [5.74, 6) is -0.288. The Morgan fingerprint density at radius 3 is 2.50 bits per heavy atom. The maximum Gasteiger partial charge on any atom is 0.222 e. The number of methoxy groups -OCH3 is 1. The van der Waals surface area contributed by atoms with Gasteiger partial charge in [0.1, 0.15) is 5.82 Å². The highest BCUT2D eigenvalue weighted by molar-refractivity contribution is 5.85. The van der Waals surface area contributed by atoms with Crippen molar-refractivity contribution >= 4 is 18.3 Å². The summed E-state index contributed by atoms with van der Waals surface area (Å²) in [5.41, 5.74) is 6.56. The number of halogens is 2.